The van der Waals surface area contributed by atoms with Crippen molar-refractivity contribution in [1.29, 1.82) is 0 Å². The standard InChI is InChI=1S/C23H13F2NO4/c24-18-10-3-1-8-16(18)21-26-20(23(28)30-21)13-14-6-5-7-15(12-14)29-22(27)17-9-2-4-11-19(17)25/h1-13H. The Morgan fingerprint density at radius 3 is 2.43 bits per heavy atom. The molecule has 0 spiro atoms. The SMILES string of the molecule is O=C1OC(c2ccccc2F)=NC1=Cc1cccc(OC(=O)c2ccccc2F)c1. The van der Waals surface area contributed by atoms with Crippen LogP contribution in [0.25, 0.3) is 6.08 Å². The Morgan fingerprint density at radius 1 is 0.933 bits per heavy atom. The van der Waals surface area contributed by atoms with Crippen LogP contribution in [0.15, 0.2) is 83.5 Å². The second-order valence-electron chi connectivity index (χ2n) is 6.26. The second kappa shape index (κ2) is 8.08. The molecule has 0 N–H and O–H groups in total. The summed E-state index contributed by atoms with van der Waals surface area (Å²) in [7, 11) is 0. The van der Waals surface area contributed by atoms with Crippen molar-refractivity contribution < 1.29 is 27.8 Å². The van der Waals surface area contributed by atoms with E-state index in [2.05, 4.69) is 4.99 Å². The van der Waals surface area contributed by atoms with Crippen LogP contribution in [0, 0.1) is 11.6 Å². The Bertz CT molecular complexity index is 1220. The number of rotatable bonds is 4. The molecule has 4 rings (SSSR count). The Hall–Kier alpha value is -4.13. The van der Waals surface area contributed by atoms with Gasteiger partial charge in [-0.2, -0.15) is 0 Å². The summed E-state index contributed by atoms with van der Waals surface area (Å²) < 4.78 is 37.9. The van der Waals surface area contributed by atoms with Crippen LogP contribution in [0.2, 0.25) is 0 Å². The lowest BCUT2D eigenvalue weighted by Crippen LogP contribution is -2.10. The topological polar surface area (TPSA) is 65.0 Å². The predicted molar refractivity (Wildman–Crippen MR) is 105 cm³/mol. The van der Waals surface area contributed by atoms with E-state index in [1.54, 1.807) is 18.2 Å². The number of halogens is 2. The molecule has 148 valence electrons. The van der Waals surface area contributed by atoms with Gasteiger partial charge in [-0.05, 0) is 48.0 Å². The maximum absolute atomic E-state index is 13.9. The molecule has 0 saturated carbocycles. The fourth-order valence-electron chi connectivity index (χ4n) is 2.77. The van der Waals surface area contributed by atoms with Gasteiger partial charge in [0, 0.05) is 0 Å². The van der Waals surface area contributed by atoms with Gasteiger partial charge in [0.2, 0.25) is 5.90 Å². The molecule has 0 unspecified atom stereocenters. The van der Waals surface area contributed by atoms with Crippen molar-refractivity contribution in [1.82, 2.24) is 0 Å². The molecule has 3 aromatic carbocycles. The molecule has 3 aromatic rings. The minimum absolute atomic E-state index is 0.0363. The molecule has 0 bridgehead atoms. The van der Waals surface area contributed by atoms with Gasteiger partial charge in [0.15, 0.2) is 5.70 Å². The molecule has 0 aromatic heterocycles. The fraction of sp³-hybridized carbons (Fsp3) is 0. The van der Waals surface area contributed by atoms with Gasteiger partial charge in [0.1, 0.15) is 17.4 Å². The quantitative estimate of drug-likeness (QED) is 0.364. The van der Waals surface area contributed by atoms with E-state index in [1.165, 1.54) is 54.6 Å². The van der Waals surface area contributed by atoms with Crippen LogP contribution >= 0.6 is 0 Å². The molecule has 5 nitrogen and oxygen atoms in total. The smallest absolute Gasteiger partial charge is 0.363 e. The van der Waals surface area contributed by atoms with Gasteiger partial charge in [-0.25, -0.2) is 23.4 Å². The molecule has 0 atom stereocenters. The largest absolute Gasteiger partial charge is 0.423 e. The number of cyclic esters (lactones) is 1. The number of hydrogen-bond acceptors (Lipinski definition) is 5. The monoisotopic (exact) mass is 405 g/mol. The van der Waals surface area contributed by atoms with Gasteiger partial charge >= 0.3 is 11.9 Å². The molecule has 0 amide bonds. The first-order valence-electron chi connectivity index (χ1n) is 8.85. The van der Waals surface area contributed by atoms with Gasteiger partial charge in [0.25, 0.3) is 0 Å². The first-order chi connectivity index (χ1) is 14.5. The lowest BCUT2D eigenvalue weighted by atomic mass is 10.2. The highest BCUT2D eigenvalue weighted by atomic mass is 19.1. The molecule has 30 heavy (non-hydrogen) atoms. The van der Waals surface area contributed by atoms with Gasteiger partial charge < -0.3 is 9.47 Å². The number of carbonyl (C=O) groups excluding carboxylic acids is 2. The van der Waals surface area contributed by atoms with Crippen molar-refractivity contribution in [2.75, 3.05) is 0 Å². The minimum Gasteiger partial charge on any atom is -0.423 e. The van der Waals surface area contributed by atoms with E-state index >= 15 is 0 Å². The van der Waals surface area contributed by atoms with E-state index in [-0.39, 0.29) is 28.5 Å². The first kappa shape index (κ1) is 19.2. The van der Waals surface area contributed by atoms with Crippen LogP contribution in [0.5, 0.6) is 5.75 Å². The normalized spacial score (nSPS) is 14.4. The van der Waals surface area contributed by atoms with E-state index in [0.717, 1.165) is 6.07 Å². The summed E-state index contributed by atoms with van der Waals surface area (Å²) in [5, 5.41) is 0. The maximum atomic E-state index is 13.9. The van der Waals surface area contributed by atoms with Gasteiger partial charge in [-0.15, -0.1) is 0 Å². The number of benzene rings is 3. The average molecular weight is 405 g/mol. The van der Waals surface area contributed by atoms with Gasteiger partial charge in [0.05, 0.1) is 11.1 Å². The zero-order chi connectivity index (χ0) is 21.1. The summed E-state index contributed by atoms with van der Waals surface area (Å²) in [6.07, 6.45) is 1.41. The molecule has 1 aliphatic rings. The molecule has 0 radical (unpaired) electrons. The van der Waals surface area contributed by atoms with E-state index in [0.29, 0.717) is 5.56 Å². The van der Waals surface area contributed by atoms with Crippen molar-refractivity contribution >= 4 is 23.9 Å². The Kier molecular flexibility index (Phi) is 5.17. The highest BCUT2D eigenvalue weighted by Gasteiger charge is 2.26. The van der Waals surface area contributed by atoms with Crippen molar-refractivity contribution in [2.24, 2.45) is 4.99 Å². The van der Waals surface area contributed by atoms with Gasteiger partial charge in [-0.1, -0.05) is 36.4 Å². The minimum atomic E-state index is -0.849. The van der Waals surface area contributed by atoms with Crippen LogP contribution in [0.3, 0.4) is 0 Å². The van der Waals surface area contributed by atoms with Crippen molar-refractivity contribution in [3.05, 3.63) is 107 Å². The number of hydrogen-bond donors (Lipinski definition) is 0. The highest BCUT2D eigenvalue weighted by Crippen LogP contribution is 2.23. The van der Waals surface area contributed by atoms with E-state index in [9.17, 15) is 18.4 Å². The summed E-state index contributed by atoms with van der Waals surface area (Å²) in [5.41, 5.74) is 0.326. The van der Waals surface area contributed by atoms with Gasteiger partial charge in [-0.3, -0.25) is 0 Å². The van der Waals surface area contributed by atoms with E-state index < -0.39 is 23.6 Å². The lowest BCUT2D eigenvalue weighted by Gasteiger charge is -2.06. The number of aliphatic imine (C=N–C) groups is 1. The third-order valence-corrected chi connectivity index (χ3v) is 4.19. The zero-order valence-electron chi connectivity index (χ0n) is 15.3. The van der Waals surface area contributed by atoms with Crippen LogP contribution in [-0.2, 0) is 9.53 Å². The number of carbonyl (C=O) groups is 2. The fourth-order valence-corrected chi connectivity index (χ4v) is 2.77. The van der Waals surface area contributed by atoms with Crippen molar-refractivity contribution in [3.8, 4) is 5.75 Å². The van der Waals surface area contributed by atoms with Crippen molar-refractivity contribution in [2.45, 2.75) is 0 Å². The molecule has 1 heterocycles. The van der Waals surface area contributed by atoms with E-state index in [4.69, 9.17) is 9.47 Å². The Labute approximate surface area is 169 Å². The average Bonchev–Trinajstić information content (AvgIpc) is 3.09. The van der Waals surface area contributed by atoms with Crippen molar-refractivity contribution in [3.63, 3.8) is 0 Å². The summed E-state index contributed by atoms with van der Waals surface area (Å²) in [5.74, 6) is -2.81. The molecule has 7 heteroatoms. The number of esters is 2. The summed E-state index contributed by atoms with van der Waals surface area (Å²) in [4.78, 5) is 28.3. The maximum Gasteiger partial charge on any atom is 0.363 e. The van der Waals surface area contributed by atoms with Crippen LogP contribution < -0.4 is 4.74 Å². The summed E-state index contributed by atoms with van der Waals surface area (Å²) in [6.45, 7) is 0. The first-order valence-corrected chi connectivity index (χ1v) is 8.85. The van der Waals surface area contributed by atoms with Crippen LogP contribution in [0.1, 0.15) is 21.5 Å². The Balaban J connectivity index is 1.58. The molecule has 1 aliphatic heterocycles. The summed E-state index contributed by atoms with van der Waals surface area (Å²) in [6, 6.07) is 17.5. The second-order valence-corrected chi connectivity index (χ2v) is 6.26. The van der Waals surface area contributed by atoms with E-state index in [1.807, 2.05) is 0 Å². The number of nitrogens with zero attached hydrogens (tertiary/aromatic N) is 1. The molecular formula is C23H13F2NO4. The predicted octanol–water partition coefficient (Wildman–Crippen LogP) is 4.53. The molecule has 0 saturated heterocycles. The molecule has 0 fully saturated rings. The number of ether oxygens (including phenoxy) is 2. The molecule has 0 aliphatic carbocycles. The zero-order valence-corrected chi connectivity index (χ0v) is 15.3. The third kappa shape index (κ3) is 4.00. The third-order valence-electron chi connectivity index (χ3n) is 4.19. The van der Waals surface area contributed by atoms with Crippen LogP contribution in [0.4, 0.5) is 8.78 Å². The van der Waals surface area contributed by atoms with Crippen LogP contribution in [-0.4, -0.2) is 17.8 Å². The summed E-state index contributed by atoms with van der Waals surface area (Å²) >= 11 is 0. The highest BCUT2D eigenvalue weighted by molar-refractivity contribution is 6.13. The lowest BCUT2D eigenvalue weighted by molar-refractivity contribution is -0.129. The Morgan fingerprint density at radius 2 is 1.67 bits per heavy atom. The molecular weight excluding hydrogens is 392 g/mol.